The van der Waals surface area contributed by atoms with E-state index in [1.54, 1.807) is 12.1 Å². The summed E-state index contributed by atoms with van der Waals surface area (Å²) < 4.78 is 0. The summed E-state index contributed by atoms with van der Waals surface area (Å²) in [4.78, 5) is 10.5. The molecule has 3 heteroatoms. The van der Waals surface area contributed by atoms with Gasteiger partial charge in [0.1, 0.15) is 5.97 Å². The van der Waals surface area contributed by atoms with Gasteiger partial charge in [-0.1, -0.05) is 31.2 Å². The molecule has 0 radical (unpaired) electrons. The van der Waals surface area contributed by atoms with E-state index in [-0.39, 0.29) is 0 Å². The molecule has 0 aliphatic heterocycles. The van der Waals surface area contributed by atoms with Gasteiger partial charge in [-0.15, -0.1) is 0 Å². The van der Waals surface area contributed by atoms with Crippen LogP contribution in [0, 0.1) is 0 Å². The molecular weight excluding hydrogens is 166 g/mol. The zero-order chi connectivity index (χ0) is 9.84. The summed E-state index contributed by atoms with van der Waals surface area (Å²) in [5.41, 5.74) is 5.38. The van der Waals surface area contributed by atoms with Crippen LogP contribution in [0.3, 0.4) is 0 Å². The summed E-state index contributed by atoms with van der Waals surface area (Å²) in [6, 6.07) is 6.62. The van der Waals surface area contributed by atoms with Crippen LogP contribution in [0.15, 0.2) is 24.3 Å². The third kappa shape index (κ3) is 2.29. The molecule has 0 saturated carbocycles. The van der Waals surface area contributed by atoms with Gasteiger partial charge in [0.15, 0.2) is 6.04 Å². The van der Waals surface area contributed by atoms with Gasteiger partial charge in [0.25, 0.3) is 0 Å². The van der Waals surface area contributed by atoms with Crippen molar-refractivity contribution < 1.29 is 15.6 Å². The molecule has 1 rings (SSSR count). The molecule has 0 unspecified atom stereocenters. The monoisotopic (exact) mass is 179 g/mol. The molecule has 0 aliphatic carbocycles. The number of carbonyl (C=O) groups excluding carboxylic acids is 1. The SMILES string of the molecule is CCc1ccc([C@@H]([NH3+])C(=O)[O-])cc1. The van der Waals surface area contributed by atoms with Crippen molar-refractivity contribution in [2.24, 2.45) is 0 Å². The van der Waals surface area contributed by atoms with Crippen molar-refractivity contribution in [3.05, 3.63) is 35.4 Å². The van der Waals surface area contributed by atoms with Crippen LogP contribution in [-0.4, -0.2) is 5.97 Å². The quantitative estimate of drug-likeness (QED) is 0.665. The highest BCUT2D eigenvalue weighted by atomic mass is 16.4. The zero-order valence-corrected chi connectivity index (χ0v) is 7.62. The van der Waals surface area contributed by atoms with E-state index in [0.717, 1.165) is 6.42 Å². The summed E-state index contributed by atoms with van der Waals surface area (Å²) in [6.45, 7) is 2.05. The van der Waals surface area contributed by atoms with E-state index < -0.39 is 12.0 Å². The average Bonchev–Trinajstić information content (AvgIpc) is 2.17. The first-order chi connectivity index (χ1) is 6.15. The Morgan fingerprint density at radius 3 is 2.38 bits per heavy atom. The summed E-state index contributed by atoms with van der Waals surface area (Å²) in [7, 11) is 0. The molecule has 0 fully saturated rings. The van der Waals surface area contributed by atoms with Crippen LogP contribution in [-0.2, 0) is 11.2 Å². The second kappa shape index (κ2) is 4.05. The van der Waals surface area contributed by atoms with Crippen LogP contribution in [0.2, 0.25) is 0 Å². The predicted molar refractivity (Wildman–Crippen MR) is 46.5 cm³/mol. The fraction of sp³-hybridized carbons (Fsp3) is 0.300. The van der Waals surface area contributed by atoms with Gasteiger partial charge in [-0.3, -0.25) is 0 Å². The largest absolute Gasteiger partial charge is 0.544 e. The third-order valence-corrected chi connectivity index (χ3v) is 2.07. The number of aliphatic carboxylic acids is 1. The topological polar surface area (TPSA) is 67.8 Å². The van der Waals surface area contributed by atoms with Gasteiger partial charge in [0.2, 0.25) is 0 Å². The van der Waals surface area contributed by atoms with Gasteiger partial charge in [-0.25, -0.2) is 0 Å². The Kier molecular flexibility index (Phi) is 3.03. The number of rotatable bonds is 3. The van der Waals surface area contributed by atoms with Crippen molar-refractivity contribution in [2.75, 3.05) is 0 Å². The minimum Gasteiger partial charge on any atom is -0.544 e. The molecule has 1 aromatic rings. The van der Waals surface area contributed by atoms with Crippen LogP contribution < -0.4 is 10.8 Å². The third-order valence-electron chi connectivity index (χ3n) is 2.07. The van der Waals surface area contributed by atoms with Crippen LogP contribution >= 0.6 is 0 Å². The second-order valence-corrected chi connectivity index (χ2v) is 2.97. The number of hydrogen-bond donors (Lipinski definition) is 1. The number of hydrogen-bond acceptors (Lipinski definition) is 2. The molecule has 70 valence electrons. The lowest BCUT2D eigenvalue weighted by molar-refractivity contribution is -0.443. The van der Waals surface area contributed by atoms with Crippen LogP contribution in [0.5, 0.6) is 0 Å². The number of aryl methyl sites for hydroxylation is 1. The van der Waals surface area contributed by atoms with Crippen molar-refractivity contribution in [2.45, 2.75) is 19.4 Å². The minimum absolute atomic E-state index is 0.692. The van der Waals surface area contributed by atoms with Gasteiger partial charge in [-0.05, 0) is 12.0 Å². The fourth-order valence-electron chi connectivity index (χ4n) is 1.12. The molecule has 0 heterocycles. The van der Waals surface area contributed by atoms with E-state index in [4.69, 9.17) is 0 Å². The minimum atomic E-state index is -1.13. The first-order valence-corrected chi connectivity index (χ1v) is 4.28. The molecule has 0 saturated heterocycles. The lowest BCUT2D eigenvalue weighted by Crippen LogP contribution is -2.61. The molecule has 13 heavy (non-hydrogen) atoms. The molecule has 3 nitrogen and oxygen atoms in total. The molecule has 1 aromatic carbocycles. The van der Waals surface area contributed by atoms with Crippen LogP contribution in [0.1, 0.15) is 24.1 Å². The number of quaternary nitrogens is 1. The number of carbonyl (C=O) groups is 1. The van der Waals surface area contributed by atoms with E-state index in [0.29, 0.717) is 5.56 Å². The highest BCUT2D eigenvalue weighted by molar-refractivity contribution is 5.71. The van der Waals surface area contributed by atoms with Gasteiger partial charge in [-0.2, -0.15) is 0 Å². The molecule has 1 atom stereocenters. The van der Waals surface area contributed by atoms with E-state index in [1.165, 1.54) is 5.56 Å². The molecule has 0 aromatic heterocycles. The maximum Gasteiger partial charge on any atom is 0.150 e. The Morgan fingerprint density at radius 2 is 2.00 bits per heavy atom. The Bertz CT molecular complexity index is 292. The van der Waals surface area contributed by atoms with Crippen molar-refractivity contribution in [3.8, 4) is 0 Å². The summed E-state index contributed by atoms with van der Waals surface area (Å²) in [5.74, 6) is -1.13. The van der Waals surface area contributed by atoms with Crippen molar-refractivity contribution >= 4 is 5.97 Å². The number of carboxylic acid groups (broad SMARTS) is 1. The van der Waals surface area contributed by atoms with Crippen LogP contribution in [0.25, 0.3) is 0 Å². The lowest BCUT2D eigenvalue weighted by atomic mass is 10.0. The van der Waals surface area contributed by atoms with Crippen molar-refractivity contribution in [1.82, 2.24) is 0 Å². The second-order valence-electron chi connectivity index (χ2n) is 2.97. The molecule has 0 bridgehead atoms. The number of benzene rings is 1. The van der Waals surface area contributed by atoms with E-state index in [9.17, 15) is 9.90 Å². The van der Waals surface area contributed by atoms with E-state index in [2.05, 4.69) is 12.7 Å². The normalized spacial score (nSPS) is 12.5. The lowest BCUT2D eigenvalue weighted by Gasteiger charge is -2.09. The maximum absolute atomic E-state index is 10.5. The van der Waals surface area contributed by atoms with Gasteiger partial charge < -0.3 is 15.6 Å². The molecule has 0 spiro atoms. The average molecular weight is 179 g/mol. The maximum atomic E-state index is 10.5. The zero-order valence-electron chi connectivity index (χ0n) is 7.62. The summed E-state index contributed by atoms with van der Waals surface area (Å²) >= 11 is 0. The van der Waals surface area contributed by atoms with Crippen molar-refractivity contribution in [1.29, 1.82) is 0 Å². The Hall–Kier alpha value is -1.35. The highest BCUT2D eigenvalue weighted by Gasteiger charge is 2.09. The first kappa shape index (κ1) is 9.74. The fourth-order valence-corrected chi connectivity index (χ4v) is 1.12. The van der Waals surface area contributed by atoms with Gasteiger partial charge >= 0.3 is 0 Å². The Balaban J connectivity index is 2.85. The van der Waals surface area contributed by atoms with Gasteiger partial charge in [0.05, 0.1) is 0 Å². The molecular formula is C10H13NO2. The Morgan fingerprint density at radius 1 is 1.46 bits per heavy atom. The standard InChI is InChI=1S/C10H13NO2/c1-2-7-3-5-8(6-4-7)9(11)10(12)13/h3-6,9H,2,11H2,1H3,(H,12,13)/t9-/m1/s1. The highest BCUT2D eigenvalue weighted by Crippen LogP contribution is 2.09. The van der Waals surface area contributed by atoms with Crippen molar-refractivity contribution in [3.63, 3.8) is 0 Å². The summed E-state index contributed by atoms with van der Waals surface area (Å²) in [6.07, 6.45) is 0.952. The summed E-state index contributed by atoms with van der Waals surface area (Å²) in [5, 5.41) is 10.5. The smallest absolute Gasteiger partial charge is 0.150 e. The molecule has 0 amide bonds. The van der Waals surface area contributed by atoms with E-state index in [1.807, 2.05) is 12.1 Å². The first-order valence-electron chi connectivity index (χ1n) is 4.28. The van der Waals surface area contributed by atoms with E-state index >= 15 is 0 Å². The number of carboxylic acids is 1. The molecule has 3 N–H and O–H groups in total. The Labute approximate surface area is 77.2 Å². The molecule has 0 aliphatic rings. The van der Waals surface area contributed by atoms with Crippen LogP contribution in [0.4, 0.5) is 0 Å². The van der Waals surface area contributed by atoms with Gasteiger partial charge in [0, 0.05) is 5.56 Å². The predicted octanol–water partition coefficient (Wildman–Crippen LogP) is -0.718.